The third kappa shape index (κ3) is 6.71. The summed E-state index contributed by atoms with van der Waals surface area (Å²) in [6.07, 6.45) is 13.0. The summed E-state index contributed by atoms with van der Waals surface area (Å²) in [5.41, 5.74) is 0.885. The van der Waals surface area contributed by atoms with Gasteiger partial charge in [-0.1, -0.05) is 50.4 Å². The van der Waals surface area contributed by atoms with E-state index < -0.39 is 15.9 Å². The number of sulfonamides is 1. The zero-order chi connectivity index (χ0) is 28.5. The Labute approximate surface area is 244 Å². The predicted molar refractivity (Wildman–Crippen MR) is 159 cm³/mol. The van der Waals surface area contributed by atoms with Gasteiger partial charge < -0.3 is 14.7 Å². The first kappa shape index (κ1) is 29.5. The van der Waals surface area contributed by atoms with Crippen molar-refractivity contribution in [3.63, 3.8) is 0 Å². The third-order valence-electron chi connectivity index (χ3n) is 9.50. The largest absolute Gasteiger partial charge is 0.490 e. The average molecular weight is 591 g/mol. The van der Waals surface area contributed by atoms with E-state index in [2.05, 4.69) is 28.7 Å². The summed E-state index contributed by atoms with van der Waals surface area (Å²) < 4.78 is 34.5. The number of carbonyl (C=O) groups excluding carboxylic acids is 1. The number of nitrogens with one attached hydrogen (secondary N) is 1. The summed E-state index contributed by atoms with van der Waals surface area (Å²) in [4.78, 5) is 15.5. The van der Waals surface area contributed by atoms with Crippen LogP contribution in [0.4, 0.5) is 5.69 Å². The fourth-order valence-corrected chi connectivity index (χ4v) is 8.45. The number of fused-ring (bicyclic) bond motifs is 3. The molecule has 6 atom stereocenters. The van der Waals surface area contributed by atoms with Crippen molar-refractivity contribution in [3.8, 4) is 5.75 Å². The van der Waals surface area contributed by atoms with Crippen LogP contribution in [0.5, 0.6) is 5.75 Å². The Bertz CT molecular complexity index is 1260. The summed E-state index contributed by atoms with van der Waals surface area (Å²) in [5, 5.41) is 11.8. The van der Waals surface area contributed by atoms with Crippen molar-refractivity contribution >= 4 is 33.2 Å². The molecule has 2 unspecified atom stereocenters. The molecule has 9 heteroatoms. The predicted octanol–water partition coefficient (Wildman–Crippen LogP) is 5.64. The van der Waals surface area contributed by atoms with Gasteiger partial charge in [0.05, 0.1) is 24.2 Å². The Hall–Kier alpha value is -2.03. The zero-order valence-corrected chi connectivity index (χ0v) is 25.2. The van der Waals surface area contributed by atoms with E-state index in [0.29, 0.717) is 36.7 Å². The number of aliphatic hydroxyl groups is 1. The van der Waals surface area contributed by atoms with Crippen LogP contribution < -0.4 is 14.4 Å². The smallest absolute Gasteiger partial charge is 0.264 e. The molecule has 0 saturated heterocycles. The maximum Gasteiger partial charge on any atom is 0.264 e. The zero-order valence-electron chi connectivity index (χ0n) is 23.6. The first-order chi connectivity index (χ1) is 19.0. The van der Waals surface area contributed by atoms with E-state index in [1.54, 1.807) is 18.2 Å². The maximum atomic E-state index is 13.2. The second-order valence-electron chi connectivity index (χ2n) is 12.7. The van der Waals surface area contributed by atoms with E-state index in [9.17, 15) is 18.3 Å². The number of nitrogens with zero attached hydrogens (tertiary/aromatic N) is 1. The van der Waals surface area contributed by atoms with Crippen LogP contribution in [-0.2, 0) is 10.0 Å². The monoisotopic (exact) mass is 590 g/mol. The molecule has 1 aromatic carbocycles. The normalized spacial score (nSPS) is 35.0. The van der Waals surface area contributed by atoms with Gasteiger partial charge in [-0.3, -0.25) is 4.79 Å². The Morgan fingerprint density at radius 2 is 1.95 bits per heavy atom. The molecule has 220 valence electrons. The second kappa shape index (κ2) is 12.1. The van der Waals surface area contributed by atoms with Crippen LogP contribution >= 0.6 is 11.6 Å². The van der Waals surface area contributed by atoms with Crippen LogP contribution in [0.25, 0.3) is 0 Å². The molecular formula is C31H43ClN2O5S. The SMILES string of the molecule is C[C@@H]1CCC[C@H](O)[C@@H]2CC[C@H]2CN2CCCCC3C=C(Cl)C=CC3(C)COc3ccc(cc32)C(=O)NS(=O)(=O)C1. The van der Waals surface area contributed by atoms with E-state index in [-0.39, 0.29) is 35.0 Å². The lowest BCUT2D eigenvalue weighted by Crippen LogP contribution is -2.44. The molecule has 7 nitrogen and oxygen atoms in total. The van der Waals surface area contributed by atoms with E-state index in [4.69, 9.17) is 16.3 Å². The minimum absolute atomic E-state index is 0.109. The van der Waals surface area contributed by atoms with Crippen LogP contribution in [0.15, 0.2) is 41.5 Å². The molecule has 4 aliphatic rings. The molecule has 0 aromatic heterocycles. The molecule has 0 spiro atoms. The number of halogens is 1. The number of benzene rings is 1. The minimum Gasteiger partial charge on any atom is -0.490 e. The molecule has 2 aliphatic carbocycles. The Morgan fingerprint density at radius 1 is 1.12 bits per heavy atom. The van der Waals surface area contributed by atoms with Crippen LogP contribution in [0.1, 0.15) is 75.6 Å². The number of amides is 1. The van der Waals surface area contributed by atoms with Crippen molar-refractivity contribution < 1.29 is 23.1 Å². The molecule has 1 saturated carbocycles. The van der Waals surface area contributed by atoms with Gasteiger partial charge >= 0.3 is 0 Å². The molecule has 1 amide bonds. The number of carbonyl (C=O) groups is 1. The van der Waals surface area contributed by atoms with Crippen molar-refractivity contribution in [2.24, 2.45) is 29.1 Å². The van der Waals surface area contributed by atoms with Crippen molar-refractivity contribution in [1.29, 1.82) is 0 Å². The highest BCUT2D eigenvalue weighted by Crippen LogP contribution is 2.44. The summed E-state index contributed by atoms with van der Waals surface area (Å²) in [7, 11) is -3.80. The first-order valence-electron chi connectivity index (χ1n) is 14.8. The van der Waals surface area contributed by atoms with Gasteiger partial charge in [-0.2, -0.15) is 0 Å². The molecular weight excluding hydrogens is 548 g/mol. The fourth-order valence-electron chi connectivity index (χ4n) is 6.84. The first-order valence-corrected chi connectivity index (χ1v) is 16.9. The number of hydrogen-bond acceptors (Lipinski definition) is 6. The van der Waals surface area contributed by atoms with Crippen molar-refractivity contribution in [3.05, 3.63) is 47.0 Å². The molecule has 2 aliphatic heterocycles. The highest BCUT2D eigenvalue weighted by atomic mass is 35.5. The van der Waals surface area contributed by atoms with Gasteiger partial charge in [0, 0.05) is 29.1 Å². The lowest BCUT2D eigenvalue weighted by molar-refractivity contribution is 0.00898. The number of anilines is 1. The topological polar surface area (TPSA) is 95.9 Å². The van der Waals surface area contributed by atoms with Crippen LogP contribution in [0.3, 0.4) is 0 Å². The molecule has 1 fully saturated rings. The number of hydrogen-bond donors (Lipinski definition) is 2. The third-order valence-corrected chi connectivity index (χ3v) is 11.3. The molecule has 1 aromatic rings. The van der Waals surface area contributed by atoms with Gasteiger partial charge in [0.2, 0.25) is 10.0 Å². The molecule has 40 heavy (non-hydrogen) atoms. The Kier molecular flexibility index (Phi) is 8.89. The molecule has 2 N–H and O–H groups in total. The summed E-state index contributed by atoms with van der Waals surface area (Å²) in [6, 6.07) is 5.23. The molecule has 2 bridgehead atoms. The van der Waals surface area contributed by atoms with Gasteiger partial charge in [-0.25, -0.2) is 13.1 Å². The summed E-state index contributed by atoms with van der Waals surface area (Å²) in [6.45, 7) is 6.09. The second-order valence-corrected chi connectivity index (χ2v) is 14.9. The number of aliphatic hydroxyl groups excluding tert-OH is 1. The van der Waals surface area contributed by atoms with Gasteiger partial charge in [-0.15, -0.1) is 0 Å². The quantitative estimate of drug-likeness (QED) is 0.406. The molecule has 0 radical (unpaired) electrons. The highest BCUT2D eigenvalue weighted by molar-refractivity contribution is 7.90. The van der Waals surface area contributed by atoms with Gasteiger partial charge in [0.25, 0.3) is 5.91 Å². The number of rotatable bonds is 0. The Morgan fingerprint density at radius 3 is 2.73 bits per heavy atom. The van der Waals surface area contributed by atoms with Gasteiger partial charge in [0.1, 0.15) is 5.75 Å². The van der Waals surface area contributed by atoms with Crippen LogP contribution in [0, 0.1) is 29.1 Å². The highest BCUT2D eigenvalue weighted by Gasteiger charge is 2.38. The van der Waals surface area contributed by atoms with E-state index in [0.717, 1.165) is 62.3 Å². The lowest BCUT2D eigenvalue weighted by atomic mass is 9.69. The van der Waals surface area contributed by atoms with Gasteiger partial charge in [-0.05, 0) is 86.5 Å². The minimum atomic E-state index is -3.80. The van der Waals surface area contributed by atoms with Crippen molar-refractivity contribution in [2.45, 2.75) is 71.3 Å². The molecule has 5 rings (SSSR count). The average Bonchev–Trinajstić information content (AvgIpc) is 2.89. The van der Waals surface area contributed by atoms with Crippen molar-refractivity contribution in [1.82, 2.24) is 4.72 Å². The van der Waals surface area contributed by atoms with E-state index in [1.807, 2.05) is 13.0 Å². The fraction of sp³-hybridized carbons (Fsp3) is 0.645. The van der Waals surface area contributed by atoms with Crippen LogP contribution in [0.2, 0.25) is 0 Å². The standard InChI is InChI=1S/C31H43ClN2O5S/c1-21-6-5-8-28(35)26-11-9-23(26)18-34-15-4-3-7-24-17-25(32)13-14-31(24,2)20-39-29-12-10-22(16-27(29)34)30(36)33-40(37,38)19-21/h10,12-14,16-17,21,23-24,26,28,35H,3-9,11,15,18-20H2,1-2H3,(H,33,36)/t21-,23+,24?,26-,28+,31?/m1/s1. The summed E-state index contributed by atoms with van der Waals surface area (Å²) >= 11 is 6.38. The van der Waals surface area contributed by atoms with Gasteiger partial charge in [0.15, 0.2) is 0 Å². The van der Waals surface area contributed by atoms with Crippen LogP contribution in [-0.4, -0.2) is 51.0 Å². The Balaban J connectivity index is 1.51. The summed E-state index contributed by atoms with van der Waals surface area (Å²) in [5.74, 6) is 0.700. The lowest BCUT2D eigenvalue weighted by Gasteiger charge is -2.43. The maximum absolute atomic E-state index is 13.2. The van der Waals surface area contributed by atoms with E-state index >= 15 is 0 Å². The number of allylic oxidation sites excluding steroid dienone is 3. The number of ether oxygens (including phenoxy) is 1. The van der Waals surface area contributed by atoms with Crippen molar-refractivity contribution in [2.75, 3.05) is 30.3 Å². The molecule has 2 heterocycles. The van der Waals surface area contributed by atoms with E-state index in [1.165, 1.54) is 0 Å².